The molecule has 0 aliphatic heterocycles. The summed E-state index contributed by atoms with van der Waals surface area (Å²) in [6.07, 6.45) is 1.60. The van der Waals surface area contributed by atoms with E-state index in [4.69, 9.17) is 18.0 Å². The number of carbonyl (C=O) groups excluding carboxylic acids is 1. The summed E-state index contributed by atoms with van der Waals surface area (Å²) in [5.41, 5.74) is 4.84. The number of nitrogens with one attached hydrogen (secondary N) is 2. The number of hydrogen-bond acceptors (Lipinski definition) is 3. The van der Waals surface area contributed by atoms with E-state index in [-0.39, 0.29) is 0 Å². The molecule has 0 bridgehead atoms. The normalized spacial score (nSPS) is 9.20. The zero-order valence-corrected chi connectivity index (χ0v) is 6.51. The highest BCUT2D eigenvalue weighted by Gasteiger charge is 1.95. The molecule has 6 heteroatoms. The van der Waals surface area contributed by atoms with Crippen molar-refractivity contribution in [2.24, 2.45) is 5.73 Å². The number of amides is 2. The lowest BCUT2D eigenvalue weighted by Crippen LogP contribution is -2.18. The number of carbonyl (C=O) groups is 1. The average molecular weight is 175 g/mol. The van der Waals surface area contributed by atoms with Crippen molar-refractivity contribution >= 4 is 34.6 Å². The molecule has 1 aromatic heterocycles. The summed E-state index contributed by atoms with van der Waals surface area (Å²) in [5, 5.41) is 3.02. The maximum Gasteiger partial charge on any atom is 0.317 e. The number of anilines is 1. The predicted molar refractivity (Wildman–Crippen MR) is 42.7 cm³/mol. The lowest BCUT2D eigenvalue weighted by Gasteiger charge is -1.91. The van der Waals surface area contributed by atoms with Gasteiger partial charge in [-0.2, -0.15) is 0 Å². The average Bonchev–Trinajstić information content (AvgIpc) is 2.13. The van der Waals surface area contributed by atoms with E-state index >= 15 is 0 Å². The number of aromatic nitrogens is 1. The molecule has 0 aliphatic rings. The Morgan fingerprint density at radius 3 is 3.00 bits per heavy atom. The van der Waals surface area contributed by atoms with Gasteiger partial charge in [-0.1, -0.05) is 11.3 Å². The monoisotopic (exact) mass is 175 g/mol. The number of H-pyrrole nitrogens is 1. The second-order valence-electron chi connectivity index (χ2n) is 1.53. The minimum atomic E-state index is -0.578. The van der Waals surface area contributed by atoms with Crippen LogP contribution >= 0.6 is 23.6 Å². The Labute approximate surface area is 66.1 Å². The maximum atomic E-state index is 10.2. The van der Waals surface area contributed by atoms with Crippen molar-refractivity contribution < 1.29 is 4.79 Å². The highest BCUT2D eigenvalue weighted by Crippen LogP contribution is 2.13. The molecule has 0 saturated heterocycles. The third kappa shape index (κ3) is 1.82. The van der Waals surface area contributed by atoms with Crippen LogP contribution in [-0.2, 0) is 0 Å². The Kier molecular flexibility index (Phi) is 2.03. The zero-order valence-electron chi connectivity index (χ0n) is 4.88. The van der Waals surface area contributed by atoms with Crippen molar-refractivity contribution in [3.8, 4) is 0 Å². The standard InChI is InChI=1S/C4H5N3OS2/c5-3(8)7-2-1-6-4(9)10-2/h1H,(H,6,9)(H3,5,7,8). The van der Waals surface area contributed by atoms with Crippen molar-refractivity contribution in [2.45, 2.75) is 0 Å². The largest absolute Gasteiger partial charge is 0.351 e. The van der Waals surface area contributed by atoms with Gasteiger partial charge < -0.3 is 10.7 Å². The number of thiazole rings is 1. The lowest BCUT2D eigenvalue weighted by molar-refractivity contribution is 0.259. The summed E-state index contributed by atoms with van der Waals surface area (Å²) in [4.78, 5) is 13.0. The Morgan fingerprint density at radius 2 is 2.60 bits per heavy atom. The van der Waals surface area contributed by atoms with Crippen molar-refractivity contribution in [1.29, 1.82) is 0 Å². The molecule has 0 saturated carbocycles. The molecule has 54 valence electrons. The van der Waals surface area contributed by atoms with E-state index in [2.05, 4.69) is 10.3 Å². The third-order valence-corrected chi connectivity index (χ3v) is 1.88. The molecule has 0 atom stereocenters. The fourth-order valence-corrected chi connectivity index (χ4v) is 1.38. The molecular formula is C4H5N3OS2. The van der Waals surface area contributed by atoms with Crippen molar-refractivity contribution in [2.75, 3.05) is 5.32 Å². The summed E-state index contributed by atoms with van der Waals surface area (Å²) >= 11 is 6.02. The van der Waals surface area contributed by atoms with Gasteiger partial charge in [-0.05, 0) is 12.2 Å². The number of primary amides is 1. The summed E-state index contributed by atoms with van der Waals surface area (Å²) < 4.78 is 0.615. The van der Waals surface area contributed by atoms with E-state index < -0.39 is 6.03 Å². The molecule has 0 aromatic carbocycles. The van der Waals surface area contributed by atoms with Crippen molar-refractivity contribution in [3.05, 3.63) is 10.2 Å². The number of rotatable bonds is 1. The van der Waals surface area contributed by atoms with Gasteiger partial charge in [0.2, 0.25) is 0 Å². The molecule has 0 spiro atoms. The molecule has 1 aromatic rings. The van der Waals surface area contributed by atoms with E-state index in [1.54, 1.807) is 6.20 Å². The quantitative estimate of drug-likeness (QED) is 0.563. The van der Waals surface area contributed by atoms with Gasteiger partial charge >= 0.3 is 6.03 Å². The first kappa shape index (κ1) is 7.23. The second kappa shape index (κ2) is 2.80. The zero-order chi connectivity index (χ0) is 7.56. The molecular weight excluding hydrogens is 170 g/mol. The van der Waals surface area contributed by atoms with E-state index in [1.807, 2.05) is 0 Å². The first-order valence-corrected chi connectivity index (χ1v) is 3.66. The van der Waals surface area contributed by atoms with Crippen LogP contribution in [0.1, 0.15) is 0 Å². The first-order valence-electron chi connectivity index (χ1n) is 2.43. The topological polar surface area (TPSA) is 70.9 Å². The highest BCUT2D eigenvalue weighted by molar-refractivity contribution is 7.73. The van der Waals surface area contributed by atoms with Crippen molar-refractivity contribution in [3.63, 3.8) is 0 Å². The summed E-state index contributed by atoms with van der Waals surface area (Å²) in [6.45, 7) is 0. The van der Waals surface area contributed by atoms with Crippen LogP contribution in [0.15, 0.2) is 6.20 Å². The van der Waals surface area contributed by atoms with Gasteiger partial charge in [0, 0.05) is 6.20 Å². The van der Waals surface area contributed by atoms with Crippen LogP contribution in [0.5, 0.6) is 0 Å². The summed E-state index contributed by atoms with van der Waals surface area (Å²) in [7, 11) is 0. The molecule has 2 amide bonds. The third-order valence-electron chi connectivity index (χ3n) is 0.770. The van der Waals surface area contributed by atoms with Gasteiger partial charge in [0.15, 0.2) is 3.95 Å². The molecule has 1 rings (SSSR count). The first-order chi connectivity index (χ1) is 4.68. The van der Waals surface area contributed by atoms with Gasteiger partial charge in [-0.3, -0.25) is 5.32 Å². The maximum absolute atomic E-state index is 10.2. The number of hydrogen-bond donors (Lipinski definition) is 3. The molecule has 4 nitrogen and oxygen atoms in total. The summed E-state index contributed by atoms with van der Waals surface area (Å²) in [6, 6.07) is -0.578. The smallest absolute Gasteiger partial charge is 0.317 e. The molecule has 4 N–H and O–H groups in total. The fourth-order valence-electron chi connectivity index (χ4n) is 0.466. The number of aromatic amines is 1. The molecule has 1 heterocycles. The second-order valence-corrected chi connectivity index (χ2v) is 3.25. The Hall–Kier alpha value is -0.880. The van der Waals surface area contributed by atoms with E-state index in [9.17, 15) is 4.79 Å². The minimum absolute atomic E-state index is 0.578. The van der Waals surface area contributed by atoms with E-state index in [0.717, 1.165) is 0 Å². The fraction of sp³-hybridized carbons (Fsp3) is 0. The van der Waals surface area contributed by atoms with Crippen LogP contribution in [0, 0.1) is 3.95 Å². The van der Waals surface area contributed by atoms with Crippen LogP contribution < -0.4 is 11.1 Å². The van der Waals surface area contributed by atoms with Gasteiger partial charge in [-0.15, -0.1) is 0 Å². The van der Waals surface area contributed by atoms with Crippen LogP contribution in [0.4, 0.5) is 9.80 Å². The van der Waals surface area contributed by atoms with E-state index in [1.165, 1.54) is 11.3 Å². The van der Waals surface area contributed by atoms with Crippen molar-refractivity contribution in [1.82, 2.24) is 4.98 Å². The number of urea groups is 1. The van der Waals surface area contributed by atoms with Crippen LogP contribution in [0.3, 0.4) is 0 Å². The van der Waals surface area contributed by atoms with E-state index in [0.29, 0.717) is 8.96 Å². The van der Waals surface area contributed by atoms with Crippen LogP contribution in [-0.4, -0.2) is 11.0 Å². The Balaban J connectivity index is 2.76. The van der Waals surface area contributed by atoms with Crippen LogP contribution in [0.2, 0.25) is 0 Å². The lowest BCUT2D eigenvalue weighted by atomic mass is 10.8. The van der Waals surface area contributed by atoms with Gasteiger partial charge in [0.1, 0.15) is 5.00 Å². The predicted octanol–water partition coefficient (Wildman–Crippen LogP) is 1.30. The molecule has 10 heavy (non-hydrogen) atoms. The van der Waals surface area contributed by atoms with Gasteiger partial charge in [0.05, 0.1) is 0 Å². The SMILES string of the molecule is NC(=O)Nc1c[nH]c(=S)s1. The number of nitrogens with two attached hydrogens (primary N) is 1. The minimum Gasteiger partial charge on any atom is -0.351 e. The summed E-state index contributed by atoms with van der Waals surface area (Å²) in [5.74, 6) is 0. The molecule has 0 radical (unpaired) electrons. The Bertz CT molecular complexity index is 289. The molecule has 0 fully saturated rings. The van der Waals surface area contributed by atoms with Gasteiger partial charge in [0.25, 0.3) is 0 Å². The molecule has 0 unspecified atom stereocenters. The van der Waals surface area contributed by atoms with Gasteiger partial charge in [-0.25, -0.2) is 4.79 Å². The Morgan fingerprint density at radius 1 is 1.90 bits per heavy atom. The molecule has 0 aliphatic carbocycles. The van der Waals surface area contributed by atoms with Crippen LogP contribution in [0.25, 0.3) is 0 Å². The highest BCUT2D eigenvalue weighted by atomic mass is 32.1.